The number of hydrogen-bond acceptors (Lipinski definition) is 3. The zero-order valence-electron chi connectivity index (χ0n) is 5.68. The number of nitrogens with zero attached hydrogens (tertiary/aromatic N) is 1. The maximum Gasteiger partial charge on any atom is 0.355 e. The van der Waals surface area contributed by atoms with Gasteiger partial charge in [0, 0.05) is 7.05 Å². The molecule has 0 atom stereocenters. The molecule has 0 bridgehead atoms. The van der Waals surface area contributed by atoms with Crippen molar-refractivity contribution in [1.29, 1.82) is 0 Å². The number of carbonyl (C=O) groups is 1. The first-order valence-electron chi connectivity index (χ1n) is 2.81. The zero-order valence-corrected chi connectivity index (χ0v) is 6.44. The first-order valence-corrected chi connectivity index (χ1v) is 3.19. The monoisotopic (exact) mass is 175 g/mol. The largest absolute Gasteiger partial charge is 0.476 e. The lowest BCUT2D eigenvalue weighted by molar-refractivity contribution is 0.0690. The Morgan fingerprint density at radius 3 is 2.73 bits per heavy atom. The number of carboxylic acids is 1. The van der Waals surface area contributed by atoms with E-state index in [1.165, 1.54) is 0 Å². The van der Waals surface area contributed by atoms with Gasteiger partial charge >= 0.3 is 5.97 Å². The van der Waals surface area contributed by atoms with Gasteiger partial charge in [-0.1, -0.05) is 11.6 Å². The van der Waals surface area contributed by atoms with E-state index in [0.717, 1.165) is 0 Å². The smallest absolute Gasteiger partial charge is 0.355 e. The fraction of sp³-hybridized carbons (Fsp3) is 0.200. The molecule has 60 valence electrons. The lowest BCUT2D eigenvalue weighted by atomic mass is 10.4. The fourth-order valence-electron chi connectivity index (χ4n) is 0.636. The summed E-state index contributed by atoms with van der Waals surface area (Å²) in [6.07, 6.45) is 0. The number of aromatic nitrogens is 2. The van der Waals surface area contributed by atoms with Crippen LogP contribution in [0.25, 0.3) is 0 Å². The minimum Gasteiger partial charge on any atom is -0.476 e. The summed E-state index contributed by atoms with van der Waals surface area (Å²) in [7, 11) is 1.60. The Labute approximate surface area is 67.4 Å². The summed E-state index contributed by atoms with van der Waals surface area (Å²) < 4.78 is 0. The van der Waals surface area contributed by atoms with Gasteiger partial charge in [0.15, 0.2) is 11.5 Å². The Morgan fingerprint density at radius 2 is 2.45 bits per heavy atom. The number of H-pyrrole nitrogens is 1. The Balaban J connectivity index is 3.10. The molecule has 1 aromatic rings. The molecule has 1 heterocycles. The highest BCUT2D eigenvalue weighted by Gasteiger charge is 2.14. The molecule has 0 aliphatic carbocycles. The van der Waals surface area contributed by atoms with Crippen molar-refractivity contribution in [2.45, 2.75) is 0 Å². The fourth-order valence-corrected chi connectivity index (χ4v) is 0.896. The molecular formula is C5H6ClN3O2. The molecule has 0 saturated carbocycles. The van der Waals surface area contributed by atoms with Gasteiger partial charge in [-0.15, -0.1) is 0 Å². The van der Waals surface area contributed by atoms with E-state index in [4.69, 9.17) is 16.7 Å². The van der Waals surface area contributed by atoms with Crippen LogP contribution in [0.2, 0.25) is 5.02 Å². The minimum atomic E-state index is -1.12. The van der Waals surface area contributed by atoms with Crippen LogP contribution >= 0.6 is 11.6 Å². The van der Waals surface area contributed by atoms with Gasteiger partial charge in [-0.25, -0.2) is 4.79 Å². The number of hydrogen-bond donors (Lipinski definition) is 3. The molecule has 6 heteroatoms. The van der Waals surface area contributed by atoms with Crippen molar-refractivity contribution < 1.29 is 9.90 Å². The van der Waals surface area contributed by atoms with Crippen LogP contribution in [0, 0.1) is 0 Å². The molecule has 5 nitrogen and oxygen atoms in total. The predicted octanol–water partition coefficient (Wildman–Crippen LogP) is 0.803. The van der Waals surface area contributed by atoms with Crippen LogP contribution in [0.3, 0.4) is 0 Å². The number of carboxylic acid groups (broad SMARTS) is 1. The van der Waals surface area contributed by atoms with Crippen molar-refractivity contribution in [3.63, 3.8) is 0 Å². The molecule has 0 aliphatic heterocycles. The van der Waals surface area contributed by atoms with E-state index in [1.807, 2.05) is 0 Å². The van der Waals surface area contributed by atoms with Crippen molar-refractivity contribution in [2.24, 2.45) is 0 Å². The lowest BCUT2D eigenvalue weighted by Crippen LogP contribution is -1.96. The second-order valence-electron chi connectivity index (χ2n) is 1.82. The van der Waals surface area contributed by atoms with Crippen LogP contribution in [-0.4, -0.2) is 28.3 Å². The van der Waals surface area contributed by atoms with Crippen LogP contribution in [0.1, 0.15) is 10.5 Å². The van der Waals surface area contributed by atoms with E-state index in [-0.39, 0.29) is 10.7 Å². The molecule has 0 aliphatic rings. The number of anilines is 1. The summed E-state index contributed by atoms with van der Waals surface area (Å²) >= 11 is 5.58. The maximum atomic E-state index is 10.4. The molecule has 0 unspecified atom stereocenters. The zero-order chi connectivity index (χ0) is 8.43. The molecule has 3 N–H and O–H groups in total. The van der Waals surface area contributed by atoms with Crippen LogP contribution < -0.4 is 5.32 Å². The third-order valence-corrected chi connectivity index (χ3v) is 1.53. The topological polar surface area (TPSA) is 78.0 Å². The van der Waals surface area contributed by atoms with Crippen molar-refractivity contribution in [1.82, 2.24) is 10.2 Å². The van der Waals surface area contributed by atoms with Crippen molar-refractivity contribution in [3.8, 4) is 0 Å². The summed E-state index contributed by atoms with van der Waals surface area (Å²) in [4.78, 5) is 10.4. The molecule has 0 aromatic carbocycles. The number of halogens is 1. The third kappa shape index (κ3) is 1.27. The van der Waals surface area contributed by atoms with Gasteiger partial charge in [0.2, 0.25) is 0 Å². The molecule has 0 radical (unpaired) electrons. The van der Waals surface area contributed by atoms with Crippen LogP contribution in [0.15, 0.2) is 0 Å². The summed E-state index contributed by atoms with van der Waals surface area (Å²) in [5, 5.41) is 17.1. The van der Waals surface area contributed by atoms with E-state index in [0.29, 0.717) is 5.82 Å². The van der Waals surface area contributed by atoms with Gasteiger partial charge in [-0.3, -0.25) is 5.10 Å². The highest BCUT2D eigenvalue weighted by Crippen LogP contribution is 2.21. The van der Waals surface area contributed by atoms with Crippen molar-refractivity contribution in [3.05, 3.63) is 10.7 Å². The Bertz CT molecular complexity index is 283. The second-order valence-corrected chi connectivity index (χ2v) is 2.19. The molecule has 1 aromatic heterocycles. The van der Waals surface area contributed by atoms with E-state index in [9.17, 15) is 4.79 Å². The van der Waals surface area contributed by atoms with E-state index < -0.39 is 5.97 Å². The van der Waals surface area contributed by atoms with Gasteiger partial charge in [-0.05, 0) is 0 Å². The highest BCUT2D eigenvalue weighted by atomic mass is 35.5. The standard InChI is InChI=1S/C5H6ClN3O2/c1-7-4-2(6)3(5(10)11)8-9-4/h1H3,(H,10,11)(H2,7,8,9). The summed E-state index contributed by atoms with van der Waals surface area (Å²) in [5.41, 5.74) is -0.101. The number of aromatic amines is 1. The van der Waals surface area contributed by atoms with Gasteiger partial charge in [0.1, 0.15) is 5.02 Å². The van der Waals surface area contributed by atoms with Crippen LogP contribution in [0.5, 0.6) is 0 Å². The third-order valence-electron chi connectivity index (χ3n) is 1.16. The molecule has 0 amide bonds. The Morgan fingerprint density at radius 1 is 1.82 bits per heavy atom. The second kappa shape index (κ2) is 2.79. The quantitative estimate of drug-likeness (QED) is 0.622. The van der Waals surface area contributed by atoms with Gasteiger partial charge in [0.25, 0.3) is 0 Å². The first kappa shape index (κ1) is 7.87. The van der Waals surface area contributed by atoms with Crippen LogP contribution in [0.4, 0.5) is 5.82 Å². The molecule has 11 heavy (non-hydrogen) atoms. The number of rotatable bonds is 2. The summed E-state index contributed by atoms with van der Waals surface area (Å²) in [6.45, 7) is 0. The van der Waals surface area contributed by atoms with Crippen molar-refractivity contribution >= 4 is 23.4 Å². The van der Waals surface area contributed by atoms with Crippen molar-refractivity contribution in [2.75, 3.05) is 12.4 Å². The molecular weight excluding hydrogens is 170 g/mol. The molecule has 1 rings (SSSR count). The average Bonchev–Trinajstić information content (AvgIpc) is 2.30. The number of nitrogens with one attached hydrogen (secondary N) is 2. The van der Waals surface area contributed by atoms with Crippen LogP contribution in [-0.2, 0) is 0 Å². The number of aromatic carboxylic acids is 1. The SMILES string of the molecule is CNc1n[nH]c(C(=O)O)c1Cl. The first-order chi connectivity index (χ1) is 5.16. The van der Waals surface area contributed by atoms with Gasteiger partial charge in [-0.2, -0.15) is 5.10 Å². The average molecular weight is 176 g/mol. The van der Waals surface area contributed by atoms with Gasteiger partial charge in [0.05, 0.1) is 0 Å². The van der Waals surface area contributed by atoms with E-state index in [1.54, 1.807) is 7.05 Å². The molecule has 0 spiro atoms. The maximum absolute atomic E-state index is 10.4. The minimum absolute atomic E-state index is 0.0972. The van der Waals surface area contributed by atoms with E-state index in [2.05, 4.69) is 15.5 Å². The summed E-state index contributed by atoms with van der Waals surface area (Å²) in [5.74, 6) is -0.784. The lowest BCUT2D eigenvalue weighted by Gasteiger charge is -1.91. The molecule has 0 saturated heterocycles. The summed E-state index contributed by atoms with van der Waals surface area (Å²) in [6, 6.07) is 0. The van der Waals surface area contributed by atoms with Gasteiger partial charge < -0.3 is 10.4 Å². The predicted molar refractivity (Wildman–Crippen MR) is 40.1 cm³/mol. The normalized spacial score (nSPS) is 9.64. The molecule has 0 fully saturated rings. The Kier molecular flexibility index (Phi) is 2.00. The Hall–Kier alpha value is -1.23. The van der Waals surface area contributed by atoms with E-state index >= 15 is 0 Å². The highest BCUT2D eigenvalue weighted by molar-refractivity contribution is 6.35.